The van der Waals surface area contributed by atoms with E-state index in [4.69, 9.17) is 4.74 Å². The second kappa shape index (κ2) is 8.50. The summed E-state index contributed by atoms with van der Waals surface area (Å²) in [6, 6.07) is 13.5. The number of benzene rings is 2. The third kappa shape index (κ3) is 3.86. The van der Waals surface area contributed by atoms with Crippen LogP contribution in [0.5, 0.6) is 5.75 Å². The van der Waals surface area contributed by atoms with Crippen LogP contribution in [-0.2, 0) is 0 Å². The second-order valence-corrected chi connectivity index (χ2v) is 8.15. The molecule has 0 unspecified atom stereocenters. The lowest BCUT2D eigenvalue weighted by atomic mass is 10.1. The molecule has 0 spiro atoms. The van der Waals surface area contributed by atoms with Gasteiger partial charge >= 0.3 is 0 Å². The number of nitrogens with zero attached hydrogens (tertiary/aromatic N) is 7. The maximum atomic E-state index is 13.0. The zero-order chi connectivity index (χ0) is 22.9. The quantitative estimate of drug-likeness (QED) is 0.479. The molecular weight excluding hydrogens is 418 g/mol. The van der Waals surface area contributed by atoms with Crippen LogP contribution in [0.15, 0.2) is 48.8 Å². The molecule has 0 bridgehead atoms. The lowest BCUT2D eigenvalue weighted by Gasteiger charge is -2.35. The number of amides is 1. The fourth-order valence-corrected chi connectivity index (χ4v) is 4.06. The zero-order valence-corrected chi connectivity index (χ0v) is 18.9. The van der Waals surface area contributed by atoms with Crippen LogP contribution in [0.25, 0.3) is 16.9 Å². The third-order valence-corrected chi connectivity index (χ3v) is 6.14. The average Bonchev–Trinajstić information content (AvgIpc) is 3.30. The Morgan fingerprint density at radius 2 is 1.79 bits per heavy atom. The molecule has 9 heteroatoms. The van der Waals surface area contributed by atoms with E-state index in [9.17, 15) is 4.79 Å². The smallest absolute Gasteiger partial charge is 0.253 e. The Hall–Kier alpha value is -4.01. The first kappa shape index (κ1) is 20.9. The van der Waals surface area contributed by atoms with Crippen molar-refractivity contribution in [1.82, 2.24) is 29.9 Å². The van der Waals surface area contributed by atoms with E-state index in [1.807, 2.05) is 54.3 Å². The van der Waals surface area contributed by atoms with E-state index in [-0.39, 0.29) is 5.91 Å². The first-order valence-electron chi connectivity index (χ1n) is 10.9. The van der Waals surface area contributed by atoms with E-state index in [1.54, 1.807) is 11.8 Å². The molecule has 168 valence electrons. The Bertz CT molecular complexity index is 1330. The molecule has 3 heterocycles. The van der Waals surface area contributed by atoms with Crippen LogP contribution in [0.1, 0.15) is 21.5 Å². The molecule has 1 aliphatic rings. The Labute approximate surface area is 191 Å². The molecule has 33 heavy (non-hydrogen) atoms. The normalized spacial score (nSPS) is 14.0. The predicted molar refractivity (Wildman–Crippen MR) is 125 cm³/mol. The molecule has 1 amide bonds. The number of carbonyl (C=O) groups is 1. The van der Waals surface area contributed by atoms with Gasteiger partial charge in [-0.1, -0.05) is 17.3 Å². The maximum Gasteiger partial charge on any atom is 0.253 e. The average molecular weight is 444 g/mol. The molecule has 4 aromatic rings. The van der Waals surface area contributed by atoms with Crippen molar-refractivity contribution in [2.24, 2.45) is 0 Å². The number of hydrogen-bond donors (Lipinski definition) is 0. The number of piperazine rings is 1. The van der Waals surface area contributed by atoms with Crippen molar-refractivity contribution >= 4 is 22.9 Å². The molecule has 0 saturated carbocycles. The molecule has 0 N–H and O–H groups in total. The summed E-state index contributed by atoms with van der Waals surface area (Å²) >= 11 is 0. The van der Waals surface area contributed by atoms with Gasteiger partial charge in [-0.3, -0.25) is 4.79 Å². The highest BCUT2D eigenvalue weighted by molar-refractivity contribution is 5.94. The summed E-state index contributed by atoms with van der Waals surface area (Å²) in [7, 11) is 1.63. The van der Waals surface area contributed by atoms with E-state index in [1.165, 1.54) is 11.9 Å². The molecule has 0 aliphatic carbocycles. The van der Waals surface area contributed by atoms with E-state index in [0.29, 0.717) is 37.3 Å². The summed E-state index contributed by atoms with van der Waals surface area (Å²) in [4.78, 5) is 25.9. The number of methoxy groups -OCH3 is 1. The lowest BCUT2D eigenvalue weighted by molar-refractivity contribution is 0.0746. The summed E-state index contributed by atoms with van der Waals surface area (Å²) in [5.74, 6) is 1.52. The minimum atomic E-state index is 0.0644. The van der Waals surface area contributed by atoms with Gasteiger partial charge in [0, 0.05) is 37.8 Å². The number of aromatic nitrogens is 5. The van der Waals surface area contributed by atoms with Gasteiger partial charge in [0.1, 0.15) is 12.1 Å². The summed E-state index contributed by atoms with van der Waals surface area (Å²) in [6.07, 6.45) is 1.53. The Morgan fingerprint density at radius 1 is 0.970 bits per heavy atom. The fourth-order valence-electron chi connectivity index (χ4n) is 4.06. The van der Waals surface area contributed by atoms with Crippen molar-refractivity contribution < 1.29 is 9.53 Å². The molecule has 2 aromatic heterocycles. The summed E-state index contributed by atoms with van der Waals surface area (Å²) in [5, 5.41) is 8.68. The molecule has 9 nitrogen and oxygen atoms in total. The van der Waals surface area contributed by atoms with Crippen LogP contribution in [0.3, 0.4) is 0 Å². The van der Waals surface area contributed by atoms with E-state index < -0.39 is 0 Å². The van der Waals surface area contributed by atoms with Crippen LogP contribution in [-0.4, -0.2) is 69.1 Å². The van der Waals surface area contributed by atoms with E-state index in [0.717, 1.165) is 28.4 Å². The van der Waals surface area contributed by atoms with Crippen LogP contribution in [0.2, 0.25) is 0 Å². The number of aryl methyl sites for hydroxylation is 2. The molecule has 1 aliphatic heterocycles. The molecule has 5 rings (SSSR count). The van der Waals surface area contributed by atoms with Crippen molar-refractivity contribution in [3.8, 4) is 11.4 Å². The Balaban J connectivity index is 1.36. The zero-order valence-electron chi connectivity index (χ0n) is 18.9. The standard InChI is InChI=1S/C24H25N7O2/c1-16-7-8-18(13-17(16)2)24(32)30-11-9-29(10-12-30)22-21-23(26-15-25-22)31(28-27-21)19-5-4-6-20(14-19)33-3/h4-8,13-15H,9-12H2,1-3H3. The molecule has 0 radical (unpaired) electrons. The first-order chi connectivity index (χ1) is 16.0. The van der Waals surface area contributed by atoms with Crippen molar-refractivity contribution in [2.45, 2.75) is 13.8 Å². The number of ether oxygens (including phenoxy) is 1. The highest BCUT2D eigenvalue weighted by Crippen LogP contribution is 2.25. The van der Waals surface area contributed by atoms with Gasteiger partial charge in [-0.05, 0) is 49.2 Å². The minimum absolute atomic E-state index is 0.0644. The van der Waals surface area contributed by atoms with Gasteiger partial charge in [-0.2, -0.15) is 4.68 Å². The number of fused-ring (bicyclic) bond motifs is 1. The molecular formula is C24H25N7O2. The highest BCUT2D eigenvalue weighted by Gasteiger charge is 2.25. The lowest BCUT2D eigenvalue weighted by Crippen LogP contribution is -2.49. The first-order valence-corrected chi connectivity index (χ1v) is 10.9. The van der Waals surface area contributed by atoms with Gasteiger partial charge in [0.25, 0.3) is 5.91 Å². The van der Waals surface area contributed by atoms with Crippen LogP contribution < -0.4 is 9.64 Å². The van der Waals surface area contributed by atoms with Crippen molar-refractivity contribution in [3.63, 3.8) is 0 Å². The predicted octanol–water partition coefficient (Wildman–Crippen LogP) is 2.80. The maximum absolute atomic E-state index is 13.0. The number of hydrogen-bond acceptors (Lipinski definition) is 7. The second-order valence-electron chi connectivity index (χ2n) is 8.15. The SMILES string of the molecule is COc1cccc(-n2nnc3c(N4CCN(C(=O)c5ccc(C)c(C)c5)CC4)ncnc32)c1. The number of rotatable bonds is 4. The van der Waals surface area contributed by atoms with Gasteiger partial charge < -0.3 is 14.5 Å². The van der Waals surface area contributed by atoms with Crippen LogP contribution in [0.4, 0.5) is 5.82 Å². The fraction of sp³-hybridized carbons (Fsp3) is 0.292. The van der Waals surface area contributed by atoms with Gasteiger partial charge in [0.2, 0.25) is 0 Å². The van der Waals surface area contributed by atoms with Crippen LogP contribution >= 0.6 is 0 Å². The molecule has 1 saturated heterocycles. The van der Waals surface area contributed by atoms with E-state index in [2.05, 4.69) is 32.1 Å². The van der Waals surface area contributed by atoms with Crippen molar-refractivity contribution in [3.05, 3.63) is 65.5 Å². The van der Waals surface area contributed by atoms with Crippen molar-refractivity contribution in [1.29, 1.82) is 0 Å². The van der Waals surface area contributed by atoms with Gasteiger partial charge in [-0.25, -0.2) is 9.97 Å². The van der Waals surface area contributed by atoms with Gasteiger partial charge in [0.05, 0.1) is 12.8 Å². The highest BCUT2D eigenvalue weighted by atomic mass is 16.5. The summed E-state index contributed by atoms with van der Waals surface area (Å²) < 4.78 is 7.01. The summed E-state index contributed by atoms with van der Waals surface area (Å²) in [5.41, 5.74) is 5.12. The largest absolute Gasteiger partial charge is 0.497 e. The van der Waals surface area contributed by atoms with Crippen LogP contribution in [0, 0.1) is 13.8 Å². The van der Waals surface area contributed by atoms with Gasteiger partial charge in [0.15, 0.2) is 17.0 Å². The monoisotopic (exact) mass is 443 g/mol. The van der Waals surface area contributed by atoms with Crippen molar-refractivity contribution in [2.75, 3.05) is 38.2 Å². The van der Waals surface area contributed by atoms with Gasteiger partial charge in [-0.15, -0.1) is 5.10 Å². The molecule has 1 fully saturated rings. The minimum Gasteiger partial charge on any atom is -0.497 e. The third-order valence-electron chi connectivity index (χ3n) is 6.14. The number of carbonyl (C=O) groups excluding carboxylic acids is 1. The molecule has 0 atom stereocenters. The number of anilines is 1. The Kier molecular flexibility index (Phi) is 5.37. The molecule has 2 aromatic carbocycles. The van der Waals surface area contributed by atoms with E-state index >= 15 is 0 Å². The topological polar surface area (TPSA) is 89.3 Å². The Morgan fingerprint density at radius 3 is 2.55 bits per heavy atom. The summed E-state index contributed by atoms with van der Waals surface area (Å²) in [6.45, 7) is 6.63.